The predicted octanol–water partition coefficient (Wildman–Crippen LogP) is 0.668. The number of hydrogen-bond acceptors (Lipinski definition) is 6. The van der Waals surface area contributed by atoms with Gasteiger partial charge in [0.05, 0.1) is 24.6 Å². The van der Waals surface area contributed by atoms with Crippen LogP contribution in [-0.2, 0) is 9.53 Å². The Hall–Kier alpha value is -2.13. The predicted molar refractivity (Wildman–Crippen MR) is 78.2 cm³/mol. The molecule has 0 aromatic heterocycles. The van der Waals surface area contributed by atoms with E-state index in [1.165, 1.54) is 17.0 Å². The van der Waals surface area contributed by atoms with Gasteiger partial charge in [0, 0.05) is 5.56 Å². The van der Waals surface area contributed by atoms with E-state index in [1.807, 2.05) is 0 Å². The lowest BCUT2D eigenvalue weighted by molar-refractivity contribution is -0.118. The fourth-order valence-electron chi connectivity index (χ4n) is 2.12. The zero-order valence-electron chi connectivity index (χ0n) is 11.3. The lowest BCUT2D eigenvalue weighted by Gasteiger charge is -2.16. The molecule has 1 aromatic carbocycles. The number of hydrogen-bond donors (Lipinski definition) is 2. The fraction of sp³-hybridized carbons (Fsp3) is 0.308. The van der Waals surface area contributed by atoms with E-state index in [0.29, 0.717) is 10.7 Å². The summed E-state index contributed by atoms with van der Waals surface area (Å²) < 4.78 is 19.2. The molecular formula is C13H12FN3O4S. The van der Waals surface area contributed by atoms with Crippen molar-refractivity contribution in [2.45, 2.75) is 6.10 Å². The number of amides is 2. The number of cyclic esters (lactones) is 1. The number of aliphatic hydroxyl groups excluding tert-OH is 1. The minimum absolute atomic E-state index is 0.167. The van der Waals surface area contributed by atoms with Crippen molar-refractivity contribution in [3.63, 3.8) is 0 Å². The summed E-state index contributed by atoms with van der Waals surface area (Å²) in [6, 6.07) is 4.27. The number of halogens is 1. The Labute approximate surface area is 129 Å². The van der Waals surface area contributed by atoms with Crippen molar-refractivity contribution >= 4 is 34.5 Å². The third-order valence-corrected chi connectivity index (χ3v) is 4.19. The molecule has 22 heavy (non-hydrogen) atoms. The number of nitrogens with one attached hydrogen (secondary N) is 1. The van der Waals surface area contributed by atoms with Crippen LogP contribution < -0.4 is 10.3 Å². The first-order valence-electron chi connectivity index (χ1n) is 6.46. The molecular weight excluding hydrogens is 313 g/mol. The molecule has 2 aliphatic rings. The van der Waals surface area contributed by atoms with E-state index < -0.39 is 18.0 Å². The number of thioether (sulfide) groups is 1. The largest absolute Gasteiger partial charge is 0.441 e. The first-order valence-corrected chi connectivity index (χ1v) is 7.45. The lowest BCUT2D eigenvalue weighted by atomic mass is 10.2. The number of hydrazone groups is 1. The summed E-state index contributed by atoms with van der Waals surface area (Å²) in [6.45, 7) is -0.115. The molecule has 0 radical (unpaired) electrons. The van der Waals surface area contributed by atoms with Gasteiger partial charge in [-0.2, -0.15) is 5.10 Å². The Kier molecular flexibility index (Phi) is 3.99. The van der Waals surface area contributed by atoms with Crippen molar-refractivity contribution in [1.29, 1.82) is 0 Å². The average Bonchev–Trinajstić information content (AvgIpc) is 2.89. The number of anilines is 1. The summed E-state index contributed by atoms with van der Waals surface area (Å²) >= 11 is 1.14. The first kappa shape index (κ1) is 14.8. The van der Waals surface area contributed by atoms with Crippen molar-refractivity contribution in [1.82, 2.24) is 5.43 Å². The quantitative estimate of drug-likeness (QED) is 0.852. The van der Waals surface area contributed by atoms with Gasteiger partial charge in [0.1, 0.15) is 17.0 Å². The van der Waals surface area contributed by atoms with Crippen molar-refractivity contribution in [2.75, 3.05) is 23.8 Å². The van der Waals surface area contributed by atoms with Crippen LogP contribution in [0.5, 0.6) is 0 Å². The van der Waals surface area contributed by atoms with Crippen LogP contribution >= 0.6 is 11.8 Å². The maximum atomic E-state index is 14.3. The van der Waals surface area contributed by atoms with Gasteiger partial charge in [-0.15, -0.1) is 0 Å². The van der Waals surface area contributed by atoms with Crippen LogP contribution in [0.15, 0.2) is 23.3 Å². The molecule has 2 N–H and O–H groups in total. The molecule has 9 heteroatoms. The highest BCUT2D eigenvalue weighted by molar-refractivity contribution is 8.15. The summed E-state index contributed by atoms with van der Waals surface area (Å²) in [4.78, 5) is 24.0. The van der Waals surface area contributed by atoms with Gasteiger partial charge in [-0.05, 0) is 18.2 Å². The van der Waals surface area contributed by atoms with Gasteiger partial charge in [-0.25, -0.2) is 14.6 Å². The van der Waals surface area contributed by atoms with Crippen LogP contribution in [0.2, 0.25) is 0 Å². The molecule has 1 saturated heterocycles. The second-order valence-corrected chi connectivity index (χ2v) is 5.67. The highest BCUT2D eigenvalue weighted by Gasteiger charge is 2.32. The van der Waals surface area contributed by atoms with Gasteiger partial charge < -0.3 is 9.84 Å². The third kappa shape index (κ3) is 2.77. The SMILES string of the molecule is O=C1CSC(c2ccc(N3C[C@H](CO)OC3=O)cc2F)=NN1. The maximum Gasteiger partial charge on any atom is 0.414 e. The Morgan fingerprint density at radius 3 is 2.91 bits per heavy atom. The van der Waals surface area contributed by atoms with Crippen molar-refractivity contribution in [2.24, 2.45) is 5.10 Å². The zero-order valence-corrected chi connectivity index (χ0v) is 12.1. The number of carbonyl (C=O) groups is 2. The van der Waals surface area contributed by atoms with Crippen LogP contribution in [-0.4, -0.2) is 47.2 Å². The van der Waals surface area contributed by atoms with E-state index in [0.717, 1.165) is 11.8 Å². The van der Waals surface area contributed by atoms with Crippen LogP contribution in [0.3, 0.4) is 0 Å². The number of carbonyl (C=O) groups excluding carboxylic acids is 2. The minimum atomic E-state index is -0.622. The van der Waals surface area contributed by atoms with Crippen molar-refractivity contribution < 1.29 is 23.8 Å². The van der Waals surface area contributed by atoms with E-state index in [9.17, 15) is 14.0 Å². The van der Waals surface area contributed by atoms with Crippen LogP contribution in [0.25, 0.3) is 0 Å². The Bertz CT molecular complexity index is 667. The van der Waals surface area contributed by atoms with Gasteiger partial charge in [0.2, 0.25) is 0 Å². The number of rotatable bonds is 3. The van der Waals surface area contributed by atoms with Gasteiger partial charge in [0.15, 0.2) is 0 Å². The molecule has 0 unspecified atom stereocenters. The molecule has 3 rings (SSSR count). The summed E-state index contributed by atoms with van der Waals surface area (Å²) in [5, 5.41) is 13.2. The Balaban J connectivity index is 1.84. The van der Waals surface area contributed by atoms with Crippen molar-refractivity contribution in [3.05, 3.63) is 29.6 Å². The summed E-state index contributed by atoms with van der Waals surface area (Å²) in [6.07, 6.45) is -1.23. The zero-order chi connectivity index (χ0) is 15.7. The molecule has 7 nitrogen and oxygen atoms in total. The van der Waals surface area contributed by atoms with Gasteiger partial charge in [-0.1, -0.05) is 11.8 Å². The summed E-state index contributed by atoms with van der Waals surface area (Å²) in [5.41, 5.74) is 2.89. The number of aliphatic hydroxyl groups is 1. The van der Waals surface area contributed by atoms with Crippen LogP contribution in [0.1, 0.15) is 5.56 Å². The molecule has 2 aliphatic heterocycles. The molecule has 0 saturated carbocycles. The number of benzene rings is 1. The van der Waals surface area contributed by atoms with Gasteiger partial charge in [-0.3, -0.25) is 9.69 Å². The van der Waals surface area contributed by atoms with E-state index >= 15 is 0 Å². The maximum absolute atomic E-state index is 14.3. The van der Waals surface area contributed by atoms with Gasteiger partial charge >= 0.3 is 6.09 Å². The summed E-state index contributed by atoms with van der Waals surface area (Å²) in [7, 11) is 0. The molecule has 1 atom stereocenters. The van der Waals surface area contributed by atoms with Crippen LogP contribution in [0.4, 0.5) is 14.9 Å². The van der Waals surface area contributed by atoms with E-state index in [-0.39, 0.29) is 30.4 Å². The lowest BCUT2D eigenvalue weighted by Crippen LogP contribution is -2.27. The number of nitrogens with zero attached hydrogens (tertiary/aromatic N) is 2. The second-order valence-electron chi connectivity index (χ2n) is 4.70. The topological polar surface area (TPSA) is 91.2 Å². The normalized spacial score (nSPS) is 21.5. The van der Waals surface area contributed by atoms with Crippen LogP contribution in [0, 0.1) is 5.82 Å². The minimum Gasteiger partial charge on any atom is -0.441 e. The van der Waals surface area contributed by atoms with Crippen molar-refractivity contribution in [3.8, 4) is 0 Å². The van der Waals surface area contributed by atoms with E-state index in [2.05, 4.69) is 10.5 Å². The molecule has 0 spiro atoms. The number of ether oxygens (including phenoxy) is 1. The highest BCUT2D eigenvalue weighted by atomic mass is 32.2. The molecule has 116 valence electrons. The molecule has 0 aliphatic carbocycles. The third-order valence-electron chi connectivity index (χ3n) is 3.19. The Morgan fingerprint density at radius 2 is 2.32 bits per heavy atom. The molecule has 2 heterocycles. The van der Waals surface area contributed by atoms with E-state index in [1.54, 1.807) is 6.07 Å². The smallest absolute Gasteiger partial charge is 0.414 e. The van der Waals surface area contributed by atoms with E-state index in [4.69, 9.17) is 9.84 Å². The van der Waals surface area contributed by atoms with Gasteiger partial charge in [0.25, 0.3) is 5.91 Å². The first-order chi connectivity index (χ1) is 10.6. The highest BCUT2D eigenvalue weighted by Crippen LogP contribution is 2.26. The standard InChI is InChI=1S/C13H12FN3O4S/c14-10-3-7(17-4-8(5-18)21-13(17)20)1-2-9(10)12-16-15-11(19)6-22-12/h1-3,8,18H,4-6H2,(H,15,19)/t8-/m1/s1. The summed E-state index contributed by atoms with van der Waals surface area (Å²) in [5.74, 6) is -0.614. The Morgan fingerprint density at radius 1 is 1.50 bits per heavy atom. The fourth-order valence-corrected chi connectivity index (χ4v) is 2.89. The average molecular weight is 325 g/mol. The molecule has 0 bridgehead atoms. The second kappa shape index (κ2) is 5.93. The molecule has 1 fully saturated rings. The monoisotopic (exact) mass is 325 g/mol. The molecule has 1 aromatic rings. The molecule has 2 amide bonds.